The van der Waals surface area contributed by atoms with Crippen molar-refractivity contribution in [3.8, 4) is 78.7 Å². The second kappa shape index (κ2) is 14.6. The van der Waals surface area contributed by atoms with Gasteiger partial charge in [0.2, 0.25) is 0 Å². The summed E-state index contributed by atoms with van der Waals surface area (Å²) in [7, 11) is 0. The first kappa shape index (κ1) is 34.0. The molecule has 3 heterocycles. The average molecular weight is 729 g/mol. The molecule has 0 bridgehead atoms. The lowest BCUT2D eigenvalue weighted by molar-refractivity contribution is 1.18. The summed E-state index contributed by atoms with van der Waals surface area (Å²) in [6, 6.07) is 69.7. The summed E-state index contributed by atoms with van der Waals surface area (Å²) in [5, 5.41) is 2.19. The van der Waals surface area contributed by atoms with Crippen LogP contribution in [0.2, 0.25) is 0 Å². The van der Waals surface area contributed by atoms with Crippen LogP contribution < -0.4 is 0 Å². The molecule has 0 unspecified atom stereocenters. The zero-order valence-electron chi connectivity index (χ0n) is 31.3. The van der Waals surface area contributed by atoms with E-state index in [0.29, 0.717) is 5.82 Å². The molecule has 0 radical (unpaired) electrons. The van der Waals surface area contributed by atoms with Crippen molar-refractivity contribution >= 4 is 21.8 Å². The molecule has 0 amide bonds. The number of nitrogens with zero attached hydrogens (tertiary/aromatic N) is 4. The molecule has 10 aromatic rings. The molecule has 4 nitrogen and oxygen atoms in total. The van der Waals surface area contributed by atoms with Crippen molar-refractivity contribution in [1.82, 2.24) is 19.9 Å². The van der Waals surface area contributed by atoms with E-state index < -0.39 is 0 Å². The highest BCUT2D eigenvalue weighted by atomic mass is 14.9. The summed E-state index contributed by atoms with van der Waals surface area (Å²) < 4.78 is 0. The molecule has 0 aliphatic carbocycles. The first-order chi connectivity index (χ1) is 28.1. The molecule has 10 rings (SSSR count). The van der Waals surface area contributed by atoms with E-state index in [-0.39, 0.29) is 0 Å². The summed E-state index contributed by atoms with van der Waals surface area (Å²) >= 11 is 0. The zero-order chi connectivity index (χ0) is 38.1. The Balaban J connectivity index is 0.993. The largest absolute Gasteiger partial charge is 0.245 e. The van der Waals surface area contributed by atoms with Gasteiger partial charge in [0, 0.05) is 38.6 Å². The van der Waals surface area contributed by atoms with E-state index >= 15 is 0 Å². The average Bonchev–Trinajstić information content (AvgIpc) is 3.29. The molecule has 0 aliphatic rings. The fraction of sp³-hybridized carbons (Fsp3) is 0.0189. The van der Waals surface area contributed by atoms with Crippen molar-refractivity contribution in [3.63, 3.8) is 0 Å². The van der Waals surface area contributed by atoms with E-state index in [0.717, 1.165) is 89.1 Å². The highest BCUT2D eigenvalue weighted by molar-refractivity contribution is 6.05. The summed E-state index contributed by atoms with van der Waals surface area (Å²) in [4.78, 5) is 20.6. The van der Waals surface area contributed by atoms with Crippen LogP contribution in [-0.2, 0) is 0 Å². The predicted octanol–water partition coefficient (Wildman–Crippen LogP) is 13.6. The van der Waals surface area contributed by atoms with Gasteiger partial charge in [-0.3, -0.25) is 0 Å². The Hall–Kier alpha value is -7.56. The number of fused-ring (bicyclic) bond motifs is 3. The topological polar surface area (TPSA) is 51.6 Å². The van der Waals surface area contributed by atoms with E-state index in [2.05, 4.69) is 165 Å². The third-order valence-electron chi connectivity index (χ3n) is 10.6. The summed E-state index contributed by atoms with van der Waals surface area (Å²) in [5.74, 6) is 0.693. The van der Waals surface area contributed by atoms with Crippen molar-refractivity contribution in [3.05, 3.63) is 206 Å². The molecular formula is C53H36N4. The summed E-state index contributed by atoms with van der Waals surface area (Å²) in [6.45, 7) is 2.15. The maximum absolute atomic E-state index is 5.24. The second-order valence-corrected chi connectivity index (χ2v) is 14.3. The van der Waals surface area contributed by atoms with Gasteiger partial charge in [0.05, 0.1) is 33.8 Å². The number of hydrogen-bond acceptors (Lipinski definition) is 4. The standard InChI is InChI=1S/C53H36N4/c1-35-32-48(55-52-46(35)30-28-42-29-31-47(54-51(42)52)39-14-7-3-8-15-39)41-24-20-38(21-25-41)44-18-11-19-45(33-44)50-34-49(40-16-9-4-10-17-40)56-53(57-50)43-26-22-37(23-27-43)36-12-5-2-6-13-36/h2-34H,1H3. The van der Waals surface area contributed by atoms with Crippen LogP contribution in [0.3, 0.4) is 0 Å². The Morgan fingerprint density at radius 1 is 0.281 bits per heavy atom. The Kier molecular flexibility index (Phi) is 8.69. The van der Waals surface area contributed by atoms with Gasteiger partial charge in [0.15, 0.2) is 5.82 Å². The zero-order valence-corrected chi connectivity index (χ0v) is 31.3. The first-order valence-corrected chi connectivity index (χ1v) is 19.2. The predicted molar refractivity (Wildman–Crippen MR) is 235 cm³/mol. The lowest BCUT2D eigenvalue weighted by Crippen LogP contribution is -1.96. The Bertz CT molecular complexity index is 3030. The van der Waals surface area contributed by atoms with Gasteiger partial charge in [0.1, 0.15) is 0 Å². The van der Waals surface area contributed by atoms with Crippen LogP contribution in [0.5, 0.6) is 0 Å². The van der Waals surface area contributed by atoms with Crippen LogP contribution in [0.25, 0.3) is 100 Å². The smallest absolute Gasteiger partial charge is 0.160 e. The van der Waals surface area contributed by atoms with Crippen LogP contribution in [0.15, 0.2) is 200 Å². The minimum Gasteiger partial charge on any atom is -0.245 e. The summed E-state index contributed by atoms with van der Waals surface area (Å²) in [6.07, 6.45) is 0. The molecule has 0 atom stereocenters. The molecule has 0 fully saturated rings. The third kappa shape index (κ3) is 6.75. The number of benzene rings is 7. The number of rotatable bonds is 7. The van der Waals surface area contributed by atoms with Gasteiger partial charge in [-0.15, -0.1) is 0 Å². The molecule has 57 heavy (non-hydrogen) atoms. The minimum atomic E-state index is 0.693. The Labute approximate surface area is 331 Å². The molecular weight excluding hydrogens is 693 g/mol. The maximum atomic E-state index is 5.24. The number of aromatic nitrogens is 4. The summed E-state index contributed by atoms with van der Waals surface area (Å²) in [5.41, 5.74) is 16.4. The molecule has 0 saturated carbocycles. The molecule has 0 N–H and O–H groups in total. The minimum absolute atomic E-state index is 0.693. The second-order valence-electron chi connectivity index (χ2n) is 14.3. The van der Waals surface area contributed by atoms with Gasteiger partial charge < -0.3 is 0 Å². The van der Waals surface area contributed by atoms with Gasteiger partial charge in [-0.2, -0.15) is 0 Å². The molecule has 3 aromatic heterocycles. The number of pyridine rings is 2. The van der Waals surface area contributed by atoms with Crippen LogP contribution in [0.1, 0.15) is 5.56 Å². The SMILES string of the molecule is Cc1cc(-c2ccc(-c3cccc(-c4cc(-c5ccccc5)nc(-c5ccc(-c6ccccc6)cc5)n4)c3)cc2)nc2c1ccc1ccc(-c3ccccc3)nc12. The van der Waals surface area contributed by atoms with E-state index in [4.69, 9.17) is 19.9 Å². The monoisotopic (exact) mass is 728 g/mol. The van der Waals surface area contributed by atoms with E-state index in [1.807, 2.05) is 42.5 Å². The van der Waals surface area contributed by atoms with Gasteiger partial charge in [-0.1, -0.05) is 176 Å². The van der Waals surface area contributed by atoms with E-state index in [1.54, 1.807) is 0 Å². The van der Waals surface area contributed by atoms with Gasteiger partial charge in [-0.25, -0.2) is 19.9 Å². The lowest BCUT2D eigenvalue weighted by atomic mass is 9.98. The molecule has 7 aromatic carbocycles. The lowest BCUT2D eigenvalue weighted by Gasteiger charge is -2.12. The van der Waals surface area contributed by atoms with Crippen LogP contribution in [-0.4, -0.2) is 19.9 Å². The maximum Gasteiger partial charge on any atom is 0.160 e. The van der Waals surface area contributed by atoms with Gasteiger partial charge in [-0.05, 0) is 59.0 Å². The van der Waals surface area contributed by atoms with E-state index in [9.17, 15) is 0 Å². The fourth-order valence-corrected chi connectivity index (χ4v) is 7.57. The number of hydrogen-bond donors (Lipinski definition) is 0. The molecule has 0 spiro atoms. The van der Waals surface area contributed by atoms with Gasteiger partial charge in [0.25, 0.3) is 0 Å². The fourth-order valence-electron chi connectivity index (χ4n) is 7.57. The van der Waals surface area contributed by atoms with Crippen molar-refractivity contribution in [1.29, 1.82) is 0 Å². The van der Waals surface area contributed by atoms with Crippen molar-refractivity contribution in [2.75, 3.05) is 0 Å². The molecule has 4 heteroatoms. The molecule has 268 valence electrons. The first-order valence-electron chi connectivity index (χ1n) is 19.2. The van der Waals surface area contributed by atoms with Gasteiger partial charge >= 0.3 is 0 Å². The van der Waals surface area contributed by atoms with Crippen molar-refractivity contribution < 1.29 is 0 Å². The normalized spacial score (nSPS) is 11.2. The highest BCUT2D eigenvalue weighted by Gasteiger charge is 2.14. The van der Waals surface area contributed by atoms with Crippen LogP contribution >= 0.6 is 0 Å². The van der Waals surface area contributed by atoms with Crippen LogP contribution in [0.4, 0.5) is 0 Å². The molecule has 0 saturated heterocycles. The third-order valence-corrected chi connectivity index (χ3v) is 10.6. The van der Waals surface area contributed by atoms with Crippen molar-refractivity contribution in [2.24, 2.45) is 0 Å². The Morgan fingerprint density at radius 3 is 1.42 bits per heavy atom. The van der Waals surface area contributed by atoms with Crippen molar-refractivity contribution in [2.45, 2.75) is 6.92 Å². The highest BCUT2D eigenvalue weighted by Crippen LogP contribution is 2.34. The van der Waals surface area contributed by atoms with E-state index in [1.165, 1.54) is 11.1 Å². The Morgan fingerprint density at radius 2 is 0.737 bits per heavy atom. The van der Waals surface area contributed by atoms with Crippen LogP contribution in [0, 0.1) is 6.92 Å². The molecule has 0 aliphatic heterocycles. The number of aryl methyl sites for hydroxylation is 1. The quantitative estimate of drug-likeness (QED) is 0.153.